The van der Waals surface area contributed by atoms with E-state index < -0.39 is 28.3 Å². The van der Waals surface area contributed by atoms with Crippen molar-refractivity contribution >= 4 is 44.5 Å². The van der Waals surface area contributed by atoms with Crippen molar-refractivity contribution in [2.45, 2.75) is 25.9 Å². The molecule has 148 valence electrons. The van der Waals surface area contributed by atoms with Crippen molar-refractivity contribution < 1.29 is 22.9 Å². The fourth-order valence-electron chi connectivity index (χ4n) is 2.50. The van der Waals surface area contributed by atoms with Crippen LogP contribution in [0.15, 0.2) is 17.6 Å². The lowest BCUT2D eigenvalue weighted by Crippen LogP contribution is -2.24. The molecule has 3 rings (SSSR count). The van der Waals surface area contributed by atoms with Crippen LogP contribution in [0.1, 0.15) is 32.4 Å². The molecule has 3 aromatic rings. The molecule has 2 heterocycles. The smallest absolute Gasteiger partial charge is 0.350 e. The molecule has 0 unspecified atom stereocenters. The number of carbonyl (C=O) groups is 1. The first-order valence-electron chi connectivity index (χ1n) is 8.00. The number of hydrogen-bond acceptors (Lipinski definition) is 7. The molecule has 1 amide bonds. The summed E-state index contributed by atoms with van der Waals surface area (Å²) in [4.78, 5) is 31.6. The van der Waals surface area contributed by atoms with Gasteiger partial charge in [-0.1, -0.05) is 0 Å². The summed E-state index contributed by atoms with van der Waals surface area (Å²) >= 11 is 2.22. The second-order valence-electron chi connectivity index (χ2n) is 5.84. The maximum absolute atomic E-state index is 12.9. The molecular weight excluding hydrogens is 417 g/mol. The summed E-state index contributed by atoms with van der Waals surface area (Å²) < 4.78 is 38.8. The number of nitro groups is 1. The molecule has 0 saturated carbocycles. The van der Waals surface area contributed by atoms with Crippen LogP contribution in [0.4, 0.5) is 18.9 Å². The highest BCUT2D eigenvalue weighted by molar-refractivity contribution is 7.20. The van der Waals surface area contributed by atoms with Crippen LogP contribution in [-0.2, 0) is 12.6 Å². The van der Waals surface area contributed by atoms with E-state index in [4.69, 9.17) is 0 Å². The SMILES string of the molecule is Cc1ncsc1CCCNC(=O)c1nc2cc(C(F)(F)F)cc([N+](=O)[O-])c2s1. The van der Waals surface area contributed by atoms with Gasteiger partial charge in [-0.15, -0.1) is 22.7 Å². The van der Waals surface area contributed by atoms with Gasteiger partial charge in [-0.3, -0.25) is 14.9 Å². The largest absolute Gasteiger partial charge is 0.416 e. The van der Waals surface area contributed by atoms with Gasteiger partial charge in [0.05, 0.1) is 27.2 Å². The zero-order valence-electron chi connectivity index (χ0n) is 14.4. The summed E-state index contributed by atoms with van der Waals surface area (Å²) in [5.41, 5.74) is 0.560. The highest BCUT2D eigenvalue weighted by atomic mass is 32.1. The minimum Gasteiger partial charge on any atom is -0.350 e. The van der Waals surface area contributed by atoms with Crippen LogP contribution in [0, 0.1) is 17.0 Å². The van der Waals surface area contributed by atoms with E-state index in [9.17, 15) is 28.1 Å². The molecule has 7 nitrogen and oxygen atoms in total. The zero-order chi connectivity index (χ0) is 20.5. The quantitative estimate of drug-likeness (QED) is 0.356. The first-order chi connectivity index (χ1) is 13.2. The molecule has 0 aliphatic heterocycles. The average Bonchev–Trinajstić information content (AvgIpc) is 3.22. The highest BCUT2D eigenvalue weighted by Crippen LogP contribution is 2.38. The Hall–Kier alpha value is -2.60. The van der Waals surface area contributed by atoms with Crippen LogP contribution in [0.3, 0.4) is 0 Å². The van der Waals surface area contributed by atoms with Gasteiger partial charge in [0.1, 0.15) is 4.70 Å². The van der Waals surface area contributed by atoms with Crippen LogP contribution in [0.25, 0.3) is 10.2 Å². The second kappa shape index (κ2) is 7.80. The third-order valence-corrected chi connectivity index (χ3v) is 5.99. The van der Waals surface area contributed by atoms with Crippen molar-refractivity contribution in [1.82, 2.24) is 15.3 Å². The number of alkyl halides is 3. The Morgan fingerprint density at radius 2 is 2.11 bits per heavy atom. The Labute approximate surface area is 164 Å². The maximum atomic E-state index is 12.9. The molecular formula is C16H13F3N4O3S2. The number of benzene rings is 1. The normalized spacial score (nSPS) is 11.7. The highest BCUT2D eigenvalue weighted by Gasteiger charge is 2.34. The van der Waals surface area contributed by atoms with E-state index in [2.05, 4.69) is 15.3 Å². The van der Waals surface area contributed by atoms with Gasteiger partial charge >= 0.3 is 6.18 Å². The Morgan fingerprint density at radius 3 is 2.71 bits per heavy atom. The van der Waals surface area contributed by atoms with E-state index >= 15 is 0 Å². The van der Waals surface area contributed by atoms with E-state index in [0.29, 0.717) is 36.4 Å². The van der Waals surface area contributed by atoms with Crippen molar-refractivity contribution in [2.24, 2.45) is 0 Å². The fourth-order valence-corrected chi connectivity index (χ4v) is 4.28. The first-order valence-corrected chi connectivity index (χ1v) is 9.69. The summed E-state index contributed by atoms with van der Waals surface area (Å²) in [6.07, 6.45) is -3.37. The number of non-ortho nitro benzene ring substituents is 1. The van der Waals surface area contributed by atoms with Gasteiger partial charge in [0, 0.05) is 17.5 Å². The topological polar surface area (TPSA) is 98.0 Å². The Bertz CT molecular complexity index is 1050. The third-order valence-electron chi connectivity index (χ3n) is 3.90. The van der Waals surface area contributed by atoms with E-state index in [1.165, 1.54) is 11.3 Å². The van der Waals surface area contributed by atoms with Crippen molar-refractivity contribution in [1.29, 1.82) is 0 Å². The molecule has 0 aliphatic carbocycles. The lowest BCUT2D eigenvalue weighted by molar-refractivity contribution is -0.383. The fraction of sp³-hybridized carbons (Fsp3) is 0.312. The van der Waals surface area contributed by atoms with Crippen molar-refractivity contribution in [3.05, 3.63) is 48.9 Å². The van der Waals surface area contributed by atoms with Gasteiger partial charge in [0.15, 0.2) is 5.01 Å². The number of aromatic nitrogens is 2. The van der Waals surface area contributed by atoms with Gasteiger partial charge in [-0.05, 0) is 25.8 Å². The van der Waals surface area contributed by atoms with Crippen LogP contribution in [0.5, 0.6) is 0 Å². The molecule has 0 saturated heterocycles. The van der Waals surface area contributed by atoms with E-state index in [1.807, 2.05) is 6.92 Å². The van der Waals surface area contributed by atoms with Crippen LogP contribution >= 0.6 is 22.7 Å². The molecule has 12 heteroatoms. The van der Waals surface area contributed by atoms with Gasteiger partial charge in [-0.2, -0.15) is 13.2 Å². The number of thiazole rings is 2. The van der Waals surface area contributed by atoms with Crippen LogP contribution in [0.2, 0.25) is 0 Å². The van der Waals surface area contributed by atoms with Gasteiger partial charge in [0.25, 0.3) is 11.6 Å². The number of aryl methyl sites for hydroxylation is 2. The molecule has 0 fully saturated rings. The molecule has 0 atom stereocenters. The van der Waals surface area contributed by atoms with E-state index in [1.54, 1.807) is 5.51 Å². The maximum Gasteiger partial charge on any atom is 0.416 e. The van der Waals surface area contributed by atoms with Gasteiger partial charge < -0.3 is 5.32 Å². The Kier molecular flexibility index (Phi) is 5.61. The first kappa shape index (κ1) is 20.1. The summed E-state index contributed by atoms with van der Waals surface area (Å²) in [7, 11) is 0. The standard InChI is InChI=1S/C16H13F3N4O3S2/c1-8-12(27-7-21-8)3-2-4-20-14(24)15-22-10-5-9(16(17,18)19)6-11(23(25)26)13(10)28-15/h5-7H,2-4H2,1H3,(H,20,24). The van der Waals surface area contributed by atoms with Gasteiger partial charge in [0.2, 0.25) is 0 Å². The predicted molar refractivity (Wildman–Crippen MR) is 98.8 cm³/mol. The van der Waals surface area contributed by atoms with Crippen molar-refractivity contribution in [3.8, 4) is 0 Å². The van der Waals surface area contributed by atoms with E-state index in [0.717, 1.165) is 17.0 Å². The number of nitrogens with one attached hydrogen (secondary N) is 1. The van der Waals surface area contributed by atoms with Crippen molar-refractivity contribution in [2.75, 3.05) is 6.54 Å². The monoisotopic (exact) mass is 430 g/mol. The zero-order valence-corrected chi connectivity index (χ0v) is 16.0. The summed E-state index contributed by atoms with van der Waals surface area (Å²) in [5.74, 6) is -0.579. The summed E-state index contributed by atoms with van der Waals surface area (Å²) in [6, 6.07) is 1.17. The minimum atomic E-state index is -4.75. The Balaban J connectivity index is 1.75. The number of halogens is 3. The molecule has 28 heavy (non-hydrogen) atoms. The minimum absolute atomic E-state index is 0.0663. The van der Waals surface area contributed by atoms with Gasteiger partial charge in [-0.25, -0.2) is 9.97 Å². The molecule has 0 spiro atoms. The predicted octanol–water partition coefficient (Wildman–Crippen LogP) is 4.35. The molecule has 0 bridgehead atoms. The number of hydrogen-bond donors (Lipinski definition) is 1. The molecule has 2 aromatic heterocycles. The number of nitro benzene ring substituents is 1. The molecule has 1 N–H and O–H groups in total. The Morgan fingerprint density at radius 1 is 1.36 bits per heavy atom. The lowest BCUT2D eigenvalue weighted by atomic mass is 10.2. The average molecular weight is 430 g/mol. The van der Waals surface area contributed by atoms with E-state index in [-0.39, 0.29) is 15.2 Å². The molecule has 1 aromatic carbocycles. The van der Waals surface area contributed by atoms with Crippen LogP contribution < -0.4 is 5.32 Å². The van der Waals surface area contributed by atoms with Crippen molar-refractivity contribution in [3.63, 3.8) is 0 Å². The summed E-state index contributed by atoms with van der Waals surface area (Å²) in [5, 5.41) is 13.7. The number of fused-ring (bicyclic) bond motifs is 1. The number of amides is 1. The van der Waals surface area contributed by atoms with Crippen LogP contribution in [-0.4, -0.2) is 27.3 Å². The number of carbonyl (C=O) groups excluding carboxylic acids is 1. The lowest BCUT2D eigenvalue weighted by Gasteiger charge is -2.05. The molecule has 0 aliphatic rings. The number of nitrogens with zero attached hydrogens (tertiary/aromatic N) is 3. The second-order valence-corrected chi connectivity index (χ2v) is 7.78. The number of rotatable bonds is 6. The summed E-state index contributed by atoms with van der Waals surface area (Å²) in [6.45, 7) is 2.23. The third kappa shape index (κ3) is 4.28. The molecule has 0 radical (unpaired) electrons.